The van der Waals surface area contributed by atoms with Crippen molar-refractivity contribution in [2.75, 3.05) is 18.8 Å². The van der Waals surface area contributed by atoms with E-state index in [1.54, 1.807) is 35.4 Å². The zero-order valence-electron chi connectivity index (χ0n) is 16.7. The number of nitrogens with zero attached hydrogens (tertiary/aromatic N) is 2. The molecule has 0 aliphatic carbocycles. The normalized spacial score (nSPS) is 15.8. The summed E-state index contributed by atoms with van der Waals surface area (Å²) in [7, 11) is 0. The second-order valence-electron chi connectivity index (χ2n) is 7.47. The third-order valence-corrected chi connectivity index (χ3v) is 5.65. The van der Waals surface area contributed by atoms with E-state index in [4.69, 9.17) is 27.8 Å². The Hall–Kier alpha value is -3.16. The van der Waals surface area contributed by atoms with Crippen molar-refractivity contribution in [3.8, 4) is 16.9 Å². The van der Waals surface area contributed by atoms with E-state index in [-0.39, 0.29) is 35.0 Å². The van der Waals surface area contributed by atoms with Crippen LogP contribution in [0.4, 0.5) is 10.2 Å². The van der Waals surface area contributed by atoms with Crippen LogP contribution in [0.2, 0.25) is 5.02 Å². The maximum absolute atomic E-state index is 14.0. The molecule has 1 aliphatic heterocycles. The molecule has 4 rings (SSSR count). The molecular weight excluding hydrogens is 419 g/mol. The third kappa shape index (κ3) is 4.62. The Morgan fingerprint density at radius 3 is 2.68 bits per heavy atom. The highest BCUT2D eigenvalue weighted by molar-refractivity contribution is 6.31. The summed E-state index contributed by atoms with van der Waals surface area (Å²) in [6.45, 7) is 1.18. The fraction of sp³-hybridized carbons (Fsp3) is 0.217. The number of carbonyl (C=O) groups is 1. The van der Waals surface area contributed by atoms with Crippen LogP contribution in [0.15, 0.2) is 54.7 Å². The molecule has 160 valence electrons. The number of amides is 1. The Morgan fingerprint density at radius 1 is 1.23 bits per heavy atom. The number of rotatable bonds is 5. The first-order valence-corrected chi connectivity index (χ1v) is 10.3. The average molecular weight is 441 g/mol. The predicted molar refractivity (Wildman–Crippen MR) is 118 cm³/mol. The van der Waals surface area contributed by atoms with Crippen molar-refractivity contribution < 1.29 is 13.9 Å². The molecule has 31 heavy (non-hydrogen) atoms. The lowest BCUT2D eigenvalue weighted by Gasteiger charge is -2.16. The Kier molecular flexibility index (Phi) is 6.06. The predicted octanol–water partition coefficient (Wildman–Crippen LogP) is 3.88. The van der Waals surface area contributed by atoms with Gasteiger partial charge in [0.2, 0.25) is 0 Å². The lowest BCUT2D eigenvalue weighted by molar-refractivity contribution is 0.0791. The first-order valence-electron chi connectivity index (χ1n) is 9.89. The number of hydrogen-bond donors (Lipinski definition) is 2. The van der Waals surface area contributed by atoms with Crippen molar-refractivity contribution in [2.45, 2.75) is 19.1 Å². The van der Waals surface area contributed by atoms with E-state index in [0.29, 0.717) is 24.4 Å². The van der Waals surface area contributed by atoms with Crippen molar-refractivity contribution in [2.24, 2.45) is 5.73 Å². The van der Waals surface area contributed by atoms with Crippen molar-refractivity contribution in [1.82, 2.24) is 9.88 Å². The van der Waals surface area contributed by atoms with E-state index < -0.39 is 5.82 Å². The minimum Gasteiger partial charge on any atom is -0.485 e. The van der Waals surface area contributed by atoms with Gasteiger partial charge in [0, 0.05) is 42.0 Å². The number of benzene rings is 2. The van der Waals surface area contributed by atoms with Crippen LogP contribution in [0, 0.1) is 5.82 Å². The SMILES string of the molecule is Nc1ncc(-c2ccc(C(=O)N3CCC(N)C3)cc2)cc1OCc1c(F)cccc1Cl. The molecule has 1 unspecified atom stereocenters. The first-order chi connectivity index (χ1) is 14.9. The fourth-order valence-electron chi connectivity index (χ4n) is 3.51. The van der Waals surface area contributed by atoms with E-state index in [9.17, 15) is 9.18 Å². The van der Waals surface area contributed by atoms with Gasteiger partial charge >= 0.3 is 0 Å². The number of ether oxygens (including phenoxy) is 1. The maximum Gasteiger partial charge on any atom is 0.253 e. The summed E-state index contributed by atoms with van der Waals surface area (Å²) >= 11 is 6.05. The molecule has 1 aromatic heterocycles. The number of nitrogens with two attached hydrogens (primary N) is 2. The summed E-state index contributed by atoms with van der Waals surface area (Å²) in [5.74, 6) is 0.0338. The molecule has 2 aromatic carbocycles. The molecule has 1 amide bonds. The second-order valence-corrected chi connectivity index (χ2v) is 7.88. The molecule has 0 radical (unpaired) electrons. The standard InChI is InChI=1S/C23H22ClFN4O2/c24-19-2-1-3-20(25)18(19)13-31-21-10-16(11-28-22(21)27)14-4-6-15(7-5-14)23(30)29-9-8-17(26)12-29/h1-7,10-11,17H,8-9,12-13,26H2,(H2,27,28). The Labute approximate surface area is 184 Å². The van der Waals surface area contributed by atoms with Crippen molar-refractivity contribution in [1.29, 1.82) is 0 Å². The van der Waals surface area contributed by atoms with Gasteiger partial charge in [0.05, 0.1) is 5.02 Å². The van der Waals surface area contributed by atoms with E-state index in [0.717, 1.165) is 17.5 Å². The van der Waals surface area contributed by atoms with Crippen LogP contribution < -0.4 is 16.2 Å². The van der Waals surface area contributed by atoms with Crippen LogP contribution in [-0.2, 0) is 6.61 Å². The van der Waals surface area contributed by atoms with Gasteiger partial charge in [0.15, 0.2) is 11.6 Å². The molecule has 1 aliphatic rings. The third-order valence-electron chi connectivity index (χ3n) is 5.29. The van der Waals surface area contributed by atoms with Gasteiger partial charge in [-0.25, -0.2) is 9.37 Å². The number of halogens is 2. The van der Waals surface area contributed by atoms with Gasteiger partial charge in [-0.2, -0.15) is 0 Å². The molecule has 3 aromatic rings. The number of hydrogen-bond acceptors (Lipinski definition) is 5. The summed E-state index contributed by atoms with van der Waals surface area (Å²) in [4.78, 5) is 18.5. The van der Waals surface area contributed by atoms with E-state index >= 15 is 0 Å². The highest BCUT2D eigenvalue weighted by atomic mass is 35.5. The van der Waals surface area contributed by atoms with Crippen LogP contribution in [0.1, 0.15) is 22.3 Å². The molecule has 0 spiro atoms. The van der Waals surface area contributed by atoms with E-state index in [1.807, 2.05) is 12.1 Å². The molecule has 0 bridgehead atoms. The van der Waals surface area contributed by atoms with Gasteiger partial charge < -0.3 is 21.1 Å². The molecule has 0 saturated carbocycles. The molecule has 4 N–H and O–H groups in total. The van der Waals surface area contributed by atoms with Gasteiger partial charge in [0.25, 0.3) is 5.91 Å². The van der Waals surface area contributed by atoms with Crippen molar-refractivity contribution >= 4 is 23.3 Å². The van der Waals surface area contributed by atoms with Gasteiger partial charge in [-0.1, -0.05) is 29.8 Å². The molecule has 8 heteroatoms. The van der Waals surface area contributed by atoms with Gasteiger partial charge in [0.1, 0.15) is 12.4 Å². The van der Waals surface area contributed by atoms with E-state index in [1.165, 1.54) is 12.1 Å². The summed E-state index contributed by atoms with van der Waals surface area (Å²) in [6.07, 6.45) is 2.44. The number of carbonyl (C=O) groups excluding carboxylic acids is 1. The minimum absolute atomic E-state index is 0.0271. The summed E-state index contributed by atoms with van der Waals surface area (Å²) in [6, 6.07) is 13.5. The molecule has 2 heterocycles. The highest BCUT2D eigenvalue weighted by Crippen LogP contribution is 2.29. The van der Waals surface area contributed by atoms with Crippen molar-refractivity contribution in [3.63, 3.8) is 0 Å². The lowest BCUT2D eigenvalue weighted by atomic mass is 10.0. The van der Waals surface area contributed by atoms with Gasteiger partial charge in [-0.05, 0) is 42.3 Å². The lowest BCUT2D eigenvalue weighted by Crippen LogP contribution is -2.31. The van der Waals surface area contributed by atoms with Gasteiger partial charge in [-0.3, -0.25) is 4.79 Å². The molecule has 1 saturated heterocycles. The minimum atomic E-state index is -0.450. The molecule has 6 nitrogen and oxygen atoms in total. The monoisotopic (exact) mass is 440 g/mol. The molecular formula is C23H22ClFN4O2. The first kappa shape index (κ1) is 21.1. The second kappa shape index (κ2) is 8.91. The Morgan fingerprint density at radius 2 is 2.00 bits per heavy atom. The van der Waals surface area contributed by atoms with E-state index in [2.05, 4.69) is 4.98 Å². The Balaban J connectivity index is 1.50. The van der Waals surface area contributed by atoms with Crippen LogP contribution in [0.25, 0.3) is 11.1 Å². The summed E-state index contributed by atoms with van der Waals surface area (Å²) in [5.41, 5.74) is 14.3. The number of pyridine rings is 1. The summed E-state index contributed by atoms with van der Waals surface area (Å²) < 4.78 is 19.7. The molecule has 1 fully saturated rings. The fourth-order valence-corrected chi connectivity index (χ4v) is 3.73. The highest BCUT2D eigenvalue weighted by Gasteiger charge is 2.24. The van der Waals surface area contributed by atoms with Crippen LogP contribution >= 0.6 is 11.6 Å². The number of likely N-dealkylation sites (tertiary alicyclic amines) is 1. The zero-order chi connectivity index (χ0) is 22.0. The number of anilines is 1. The zero-order valence-corrected chi connectivity index (χ0v) is 17.5. The van der Waals surface area contributed by atoms with Gasteiger partial charge in [-0.15, -0.1) is 0 Å². The maximum atomic E-state index is 14.0. The smallest absolute Gasteiger partial charge is 0.253 e. The average Bonchev–Trinajstić information content (AvgIpc) is 3.20. The van der Waals surface area contributed by atoms with Crippen molar-refractivity contribution in [3.05, 3.63) is 76.7 Å². The van der Waals surface area contributed by atoms with Crippen LogP contribution in [0.5, 0.6) is 5.75 Å². The largest absolute Gasteiger partial charge is 0.485 e. The Bertz CT molecular complexity index is 1090. The quantitative estimate of drug-likeness (QED) is 0.628. The van der Waals surface area contributed by atoms with Crippen LogP contribution in [0.3, 0.4) is 0 Å². The number of nitrogen functional groups attached to an aromatic ring is 1. The molecule has 1 atom stereocenters. The van der Waals surface area contributed by atoms with Crippen LogP contribution in [-0.4, -0.2) is 34.9 Å². The topological polar surface area (TPSA) is 94.5 Å². The number of aromatic nitrogens is 1. The summed E-state index contributed by atoms with van der Waals surface area (Å²) in [5, 5.41) is 0.280.